The zero-order chi connectivity index (χ0) is 16.4. The quantitative estimate of drug-likeness (QED) is 0.834. The number of carbonyl (C=O) groups is 1. The summed E-state index contributed by atoms with van der Waals surface area (Å²) in [6.45, 7) is 4.15. The Labute approximate surface area is 141 Å². The topological polar surface area (TPSA) is 58.4 Å². The Kier molecular flexibility index (Phi) is 4.44. The molecule has 2 aromatic carbocycles. The van der Waals surface area contributed by atoms with E-state index in [1.807, 2.05) is 12.1 Å². The minimum Gasteiger partial charge on any atom is -0.397 e. The van der Waals surface area contributed by atoms with Crippen molar-refractivity contribution in [2.45, 2.75) is 19.8 Å². The zero-order valence-corrected chi connectivity index (χ0v) is 13.9. The van der Waals surface area contributed by atoms with Gasteiger partial charge in [0.1, 0.15) is 0 Å². The Morgan fingerprint density at radius 3 is 2.48 bits per heavy atom. The predicted octanol–water partition coefficient (Wildman–Crippen LogP) is 4.08. The number of nitrogens with one attached hydrogen (secondary N) is 1. The van der Waals surface area contributed by atoms with E-state index >= 15 is 0 Å². The molecule has 1 saturated heterocycles. The summed E-state index contributed by atoms with van der Waals surface area (Å²) in [5.41, 5.74) is 10.1. The second kappa shape index (κ2) is 6.50. The predicted molar refractivity (Wildman–Crippen MR) is 96.4 cm³/mol. The molecule has 120 valence electrons. The highest BCUT2D eigenvalue weighted by atomic mass is 35.5. The second-order valence-corrected chi connectivity index (χ2v) is 6.32. The van der Waals surface area contributed by atoms with E-state index in [1.165, 1.54) is 12.8 Å². The van der Waals surface area contributed by atoms with E-state index in [2.05, 4.69) is 17.1 Å². The molecule has 0 unspecified atom stereocenters. The third kappa shape index (κ3) is 3.42. The van der Waals surface area contributed by atoms with Crippen LogP contribution >= 0.6 is 11.6 Å². The number of anilines is 3. The van der Waals surface area contributed by atoms with Gasteiger partial charge in [-0.15, -0.1) is 0 Å². The van der Waals surface area contributed by atoms with Crippen LogP contribution in [-0.4, -0.2) is 19.0 Å². The van der Waals surface area contributed by atoms with Crippen LogP contribution in [0.5, 0.6) is 0 Å². The molecule has 0 atom stereocenters. The molecular weight excluding hydrogens is 310 g/mol. The lowest BCUT2D eigenvalue weighted by Gasteiger charge is -2.22. The van der Waals surface area contributed by atoms with E-state index in [0.717, 1.165) is 24.3 Å². The van der Waals surface area contributed by atoms with E-state index in [4.69, 9.17) is 17.3 Å². The molecular formula is C18H20ClN3O. The molecule has 1 aliphatic rings. The van der Waals surface area contributed by atoms with Crippen molar-refractivity contribution in [1.82, 2.24) is 0 Å². The number of hydrogen-bond donors (Lipinski definition) is 2. The number of nitrogens with two attached hydrogens (primary N) is 1. The number of halogens is 1. The van der Waals surface area contributed by atoms with Gasteiger partial charge in [-0.2, -0.15) is 0 Å². The van der Waals surface area contributed by atoms with Crippen LogP contribution in [0.25, 0.3) is 0 Å². The highest BCUT2D eigenvalue weighted by Gasteiger charge is 2.17. The maximum atomic E-state index is 12.4. The molecule has 0 saturated carbocycles. The Balaban J connectivity index is 1.85. The molecule has 0 bridgehead atoms. The standard InChI is InChI=1S/C18H20ClN3O/c1-12-10-15(20)16(11-17(12)22-8-2-3-9-22)21-18(23)13-4-6-14(19)7-5-13/h4-7,10-11H,2-3,8-9,20H2,1H3,(H,21,23). The molecule has 0 aliphatic carbocycles. The Morgan fingerprint density at radius 2 is 1.83 bits per heavy atom. The first kappa shape index (κ1) is 15.7. The Hall–Kier alpha value is -2.20. The van der Waals surface area contributed by atoms with Crippen LogP contribution in [0.1, 0.15) is 28.8 Å². The maximum Gasteiger partial charge on any atom is 0.255 e. The fourth-order valence-electron chi connectivity index (χ4n) is 2.92. The zero-order valence-electron chi connectivity index (χ0n) is 13.1. The van der Waals surface area contributed by atoms with Crippen LogP contribution in [-0.2, 0) is 0 Å². The first-order valence-electron chi connectivity index (χ1n) is 7.76. The van der Waals surface area contributed by atoms with Crippen molar-refractivity contribution in [3.8, 4) is 0 Å². The summed E-state index contributed by atoms with van der Waals surface area (Å²) in [5.74, 6) is -0.190. The lowest BCUT2D eigenvalue weighted by molar-refractivity contribution is 0.102. The molecule has 1 amide bonds. The van der Waals surface area contributed by atoms with E-state index in [0.29, 0.717) is 22.0 Å². The fourth-order valence-corrected chi connectivity index (χ4v) is 3.05. The van der Waals surface area contributed by atoms with Gasteiger partial charge in [-0.3, -0.25) is 4.79 Å². The lowest BCUT2D eigenvalue weighted by atomic mass is 10.1. The van der Waals surface area contributed by atoms with Gasteiger partial charge in [-0.1, -0.05) is 11.6 Å². The summed E-state index contributed by atoms with van der Waals surface area (Å²) in [5, 5.41) is 3.51. The van der Waals surface area contributed by atoms with Gasteiger partial charge in [0.25, 0.3) is 5.91 Å². The van der Waals surface area contributed by atoms with Gasteiger partial charge in [0.15, 0.2) is 0 Å². The van der Waals surface area contributed by atoms with Crippen LogP contribution in [0.3, 0.4) is 0 Å². The molecule has 23 heavy (non-hydrogen) atoms. The van der Waals surface area contributed by atoms with Gasteiger partial charge in [-0.25, -0.2) is 0 Å². The lowest BCUT2D eigenvalue weighted by Crippen LogP contribution is -2.20. The highest BCUT2D eigenvalue weighted by Crippen LogP contribution is 2.32. The van der Waals surface area contributed by atoms with Crippen molar-refractivity contribution in [1.29, 1.82) is 0 Å². The molecule has 0 radical (unpaired) electrons. The minimum atomic E-state index is -0.190. The Bertz CT molecular complexity index is 722. The largest absolute Gasteiger partial charge is 0.397 e. The number of amides is 1. The van der Waals surface area contributed by atoms with Gasteiger partial charge in [0.05, 0.1) is 11.4 Å². The van der Waals surface area contributed by atoms with Crippen LogP contribution in [0.4, 0.5) is 17.1 Å². The average molecular weight is 330 g/mol. The van der Waals surface area contributed by atoms with Gasteiger partial charge in [0, 0.05) is 29.4 Å². The van der Waals surface area contributed by atoms with Crippen LogP contribution in [0, 0.1) is 6.92 Å². The monoisotopic (exact) mass is 329 g/mol. The molecule has 3 N–H and O–H groups in total. The number of rotatable bonds is 3. The average Bonchev–Trinajstić information content (AvgIpc) is 3.04. The van der Waals surface area contributed by atoms with Gasteiger partial charge in [0.2, 0.25) is 0 Å². The molecule has 0 aromatic heterocycles. The molecule has 1 heterocycles. The molecule has 2 aromatic rings. The minimum absolute atomic E-state index is 0.190. The highest BCUT2D eigenvalue weighted by molar-refractivity contribution is 6.30. The summed E-state index contributed by atoms with van der Waals surface area (Å²) in [4.78, 5) is 14.7. The maximum absolute atomic E-state index is 12.4. The summed E-state index contributed by atoms with van der Waals surface area (Å²) in [6, 6.07) is 10.7. The van der Waals surface area contributed by atoms with Crippen LogP contribution < -0.4 is 16.0 Å². The van der Waals surface area contributed by atoms with Crippen molar-refractivity contribution in [3.63, 3.8) is 0 Å². The number of carbonyl (C=O) groups excluding carboxylic acids is 1. The van der Waals surface area contributed by atoms with Gasteiger partial charge in [-0.05, 0) is 61.7 Å². The van der Waals surface area contributed by atoms with Gasteiger partial charge >= 0.3 is 0 Å². The van der Waals surface area contributed by atoms with Crippen LogP contribution in [0.15, 0.2) is 36.4 Å². The smallest absolute Gasteiger partial charge is 0.255 e. The molecule has 0 spiro atoms. The van der Waals surface area contributed by atoms with Crippen molar-refractivity contribution in [3.05, 3.63) is 52.5 Å². The second-order valence-electron chi connectivity index (χ2n) is 5.88. The van der Waals surface area contributed by atoms with E-state index in [9.17, 15) is 4.79 Å². The summed E-state index contributed by atoms with van der Waals surface area (Å²) in [6.07, 6.45) is 2.41. The number of benzene rings is 2. The first-order valence-corrected chi connectivity index (χ1v) is 8.14. The fraction of sp³-hybridized carbons (Fsp3) is 0.278. The third-order valence-corrected chi connectivity index (χ3v) is 4.42. The number of aryl methyl sites for hydroxylation is 1. The first-order chi connectivity index (χ1) is 11.0. The molecule has 5 heteroatoms. The SMILES string of the molecule is Cc1cc(N)c(NC(=O)c2ccc(Cl)cc2)cc1N1CCCC1. The van der Waals surface area contributed by atoms with Crippen molar-refractivity contribution >= 4 is 34.6 Å². The number of nitrogen functional groups attached to an aromatic ring is 1. The van der Waals surface area contributed by atoms with Crippen LogP contribution in [0.2, 0.25) is 5.02 Å². The van der Waals surface area contributed by atoms with Crippen molar-refractivity contribution < 1.29 is 4.79 Å². The third-order valence-electron chi connectivity index (χ3n) is 4.17. The van der Waals surface area contributed by atoms with Crippen molar-refractivity contribution in [2.24, 2.45) is 0 Å². The van der Waals surface area contributed by atoms with E-state index in [1.54, 1.807) is 24.3 Å². The summed E-state index contributed by atoms with van der Waals surface area (Å²) >= 11 is 5.86. The summed E-state index contributed by atoms with van der Waals surface area (Å²) in [7, 11) is 0. The summed E-state index contributed by atoms with van der Waals surface area (Å²) < 4.78 is 0. The van der Waals surface area contributed by atoms with Crippen molar-refractivity contribution in [2.75, 3.05) is 29.0 Å². The molecule has 1 fully saturated rings. The molecule has 3 rings (SSSR count). The number of hydrogen-bond acceptors (Lipinski definition) is 3. The number of nitrogens with zero attached hydrogens (tertiary/aromatic N) is 1. The normalized spacial score (nSPS) is 14.1. The van der Waals surface area contributed by atoms with E-state index in [-0.39, 0.29) is 5.91 Å². The molecule has 4 nitrogen and oxygen atoms in total. The molecule has 1 aliphatic heterocycles. The van der Waals surface area contributed by atoms with E-state index < -0.39 is 0 Å². The Morgan fingerprint density at radius 1 is 1.17 bits per heavy atom. The van der Waals surface area contributed by atoms with Gasteiger partial charge < -0.3 is 16.0 Å².